The van der Waals surface area contributed by atoms with Crippen LogP contribution in [-0.4, -0.2) is 21.7 Å². The number of unbranched alkanes of at least 4 members (excludes halogenated alkanes) is 1. The summed E-state index contributed by atoms with van der Waals surface area (Å²) in [6.07, 6.45) is 6.23. The van der Waals surface area contributed by atoms with Gasteiger partial charge in [0.25, 0.3) is 5.91 Å². The van der Waals surface area contributed by atoms with Crippen molar-refractivity contribution in [3.05, 3.63) is 51.0 Å². The fraction of sp³-hybridized carbons (Fsp3) is 0.364. The van der Waals surface area contributed by atoms with Gasteiger partial charge in [0, 0.05) is 18.2 Å². The molecule has 1 aromatic heterocycles. The Morgan fingerprint density at radius 3 is 2.76 bits per heavy atom. The maximum Gasteiger partial charge on any atom is 0.266 e. The molecule has 1 unspecified atom stereocenters. The molecule has 1 amide bonds. The van der Waals surface area contributed by atoms with E-state index >= 15 is 0 Å². The summed E-state index contributed by atoms with van der Waals surface area (Å²) in [6.45, 7) is 5.03. The zero-order valence-corrected chi connectivity index (χ0v) is 19.6. The average Bonchev–Trinajstić information content (AvgIpc) is 3.27. The Kier molecular flexibility index (Phi) is 7.85. The Hall–Kier alpha value is -1.27. The average molecular weight is 468 g/mol. The number of benzene rings is 1. The van der Waals surface area contributed by atoms with Crippen molar-refractivity contribution in [2.45, 2.75) is 39.5 Å². The quantitative estimate of drug-likeness (QED) is 0.294. The molecule has 7 heteroatoms. The van der Waals surface area contributed by atoms with Gasteiger partial charge >= 0.3 is 0 Å². The number of carbonyl (C=O) groups is 1. The number of thioether (sulfide) groups is 1. The summed E-state index contributed by atoms with van der Waals surface area (Å²) in [6, 6.07) is 9.03. The second-order valence-corrected chi connectivity index (χ2v) is 9.47. The normalized spacial score (nSPS) is 16.8. The molecule has 2 aromatic rings. The summed E-state index contributed by atoms with van der Waals surface area (Å²) >= 11 is 19.2. The summed E-state index contributed by atoms with van der Waals surface area (Å²) in [7, 11) is 0. The molecule has 0 bridgehead atoms. The number of hydrogen-bond donors (Lipinski definition) is 0. The molecule has 1 saturated heterocycles. The number of hydrogen-bond acceptors (Lipinski definition) is 4. The van der Waals surface area contributed by atoms with Gasteiger partial charge in [0.2, 0.25) is 0 Å². The van der Waals surface area contributed by atoms with Crippen molar-refractivity contribution >= 4 is 63.5 Å². The Labute approximate surface area is 191 Å². The number of halogens is 2. The Balaban J connectivity index is 1.76. The first-order valence-corrected chi connectivity index (χ1v) is 11.7. The Morgan fingerprint density at radius 1 is 1.24 bits per heavy atom. The third kappa shape index (κ3) is 5.26. The van der Waals surface area contributed by atoms with Gasteiger partial charge in [-0.1, -0.05) is 86.4 Å². The molecule has 1 aromatic carbocycles. The lowest BCUT2D eigenvalue weighted by molar-refractivity contribution is -0.122. The summed E-state index contributed by atoms with van der Waals surface area (Å²) in [5, 5.41) is 0.913. The van der Waals surface area contributed by atoms with Crippen LogP contribution >= 0.6 is 47.2 Å². The van der Waals surface area contributed by atoms with Crippen molar-refractivity contribution in [3.63, 3.8) is 0 Å². The van der Waals surface area contributed by atoms with Gasteiger partial charge in [0.15, 0.2) is 0 Å². The molecule has 3 rings (SSSR count). The maximum absolute atomic E-state index is 12.9. The van der Waals surface area contributed by atoms with Gasteiger partial charge in [0.1, 0.15) is 15.8 Å². The molecule has 0 spiro atoms. The van der Waals surface area contributed by atoms with Crippen molar-refractivity contribution in [1.29, 1.82) is 0 Å². The largest absolute Gasteiger partial charge is 0.457 e. The third-order valence-corrected chi connectivity index (χ3v) is 7.17. The van der Waals surface area contributed by atoms with E-state index in [0.717, 1.165) is 19.3 Å². The molecule has 0 radical (unpaired) electrons. The lowest BCUT2D eigenvalue weighted by atomic mass is 9.99. The van der Waals surface area contributed by atoms with Crippen LogP contribution in [0.2, 0.25) is 10.0 Å². The summed E-state index contributed by atoms with van der Waals surface area (Å²) in [5.41, 5.74) is 0.716. The first-order chi connectivity index (χ1) is 13.9. The minimum Gasteiger partial charge on any atom is -0.457 e. The van der Waals surface area contributed by atoms with Gasteiger partial charge in [-0.2, -0.15) is 0 Å². The standard InChI is InChI=1S/C22H23Cl2NO2S2/c1-3-5-7-14(4-2)13-25-21(26)19(29-22(25)28)12-15-10-11-18(27-15)16-8-6-9-17(23)20(16)24/h6,8-12,14H,3-5,7,13H2,1-2H3/b19-12+. The van der Waals surface area contributed by atoms with E-state index in [1.807, 2.05) is 24.3 Å². The molecule has 29 heavy (non-hydrogen) atoms. The van der Waals surface area contributed by atoms with E-state index in [2.05, 4.69) is 13.8 Å². The maximum atomic E-state index is 12.9. The van der Waals surface area contributed by atoms with E-state index in [1.54, 1.807) is 17.0 Å². The molecular weight excluding hydrogens is 445 g/mol. The van der Waals surface area contributed by atoms with Gasteiger partial charge in [-0.15, -0.1) is 0 Å². The van der Waals surface area contributed by atoms with Crippen LogP contribution in [0.4, 0.5) is 0 Å². The number of rotatable bonds is 8. The fourth-order valence-electron chi connectivity index (χ4n) is 3.23. The van der Waals surface area contributed by atoms with Crippen molar-refractivity contribution in [3.8, 4) is 11.3 Å². The molecule has 1 fully saturated rings. The topological polar surface area (TPSA) is 33.5 Å². The predicted octanol–water partition coefficient (Wildman–Crippen LogP) is 7.67. The molecule has 2 heterocycles. The van der Waals surface area contributed by atoms with Gasteiger partial charge in [0.05, 0.1) is 15.0 Å². The molecule has 1 atom stereocenters. The Morgan fingerprint density at radius 2 is 2.03 bits per heavy atom. The van der Waals surface area contributed by atoms with Gasteiger partial charge in [-0.25, -0.2) is 0 Å². The predicted molar refractivity (Wildman–Crippen MR) is 127 cm³/mol. The molecule has 0 saturated carbocycles. The number of furan rings is 1. The van der Waals surface area contributed by atoms with E-state index in [0.29, 0.717) is 48.8 Å². The molecular formula is C22H23Cl2NO2S2. The smallest absolute Gasteiger partial charge is 0.266 e. The van der Waals surface area contributed by atoms with Crippen LogP contribution in [0.1, 0.15) is 45.3 Å². The molecule has 154 valence electrons. The van der Waals surface area contributed by atoms with Crippen molar-refractivity contribution < 1.29 is 9.21 Å². The highest BCUT2D eigenvalue weighted by atomic mass is 35.5. The van der Waals surface area contributed by atoms with Crippen LogP contribution in [0.5, 0.6) is 0 Å². The summed E-state index contributed by atoms with van der Waals surface area (Å²) < 4.78 is 6.51. The van der Waals surface area contributed by atoms with E-state index in [-0.39, 0.29) is 5.91 Å². The van der Waals surface area contributed by atoms with E-state index in [9.17, 15) is 4.79 Å². The van der Waals surface area contributed by atoms with Crippen LogP contribution in [0.15, 0.2) is 39.7 Å². The highest BCUT2D eigenvalue weighted by Gasteiger charge is 2.33. The van der Waals surface area contributed by atoms with Gasteiger partial charge in [-0.05, 0) is 36.6 Å². The van der Waals surface area contributed by atoms with Gasteiger partial charge < -0.3 is 4.42 Å². The second-order valence-electron chi connectivity index (χ2n) is 7.01. The minimum absolute atomic E-state index is 0.0475. The monoisotopic (exact) mass is 467 g/mol. The number of carbonyl (C=O) groups excluding carboxylic acids is 1. The third-order valence-electron chi connectivity index (χ3n) is 4.97. The van der Waals surface area contributed by atoms with Crippen molar-refractivity contribution in [1.82, 2.24) is 4.90 Å². The number of amides is 1. The lowest BCUT2D eigenvalue weighted by Crippen LogP contribution is -2.33. The van der Waals surface area contributed by atoms with Crippen molar-refractivity contribution in [2.75, 3.05) is 6.54 Å². The lowest BCUT2D eigenvalue weighted by Gasteiger charge is -2.21. The molecule has 1 aliphatic heterocycles. The molecule has 3 nitrogen and oxygen atoms in total. The SMILES string of the molecule is CCCCC(CC)CN1C(=O)/C(=C\c2ccc(-c3cccc(Cl)c3Cl)o2)SC1=S. The van der Waals surface area contributed by atoms with Crippen LogP contribution in [-0.2, 0) is 4.79 Å². The zero-order valence-electron chi connectivity index (χ0n) is 16.4. The van der Waals surface area contributed by atoms with E-state index < -0.39 is 0 Å². The highest BCUT2D eigenvalue weighted by Crippen LogP contribution is 2.37. The number of nitrogens with zero attached hydrogens (tertiary/aromatic N) is 1. The zero-order chi connectivity index (χ0) is 21.0. The molecule has 1 aliphatic rings. The van der Waals surface area contributed by atoms with Gasteiger partial charge in [-0.3, -0.25) is 9.69 Å². The second kappa shape index (κ2) is 10.2. The summed E-state index contributed by atoms with van der Waals surface area (Å²) in [5.74, 6) is 1.60. The minimum atomic E-state index is -0.0475. The van der Waals surface area contributed by atoms with Crippen LogP contribution in [0.25, 0.3) is 17.4 Å². The van der Waals surface area contributed by atoms with Crippen LogP contribution in [0, 0.1) is 5.92 Å². The van der Waals surface area contributed by atoms with Crippen LogP contribution in [0.3, 0.4) is 0 Å². The van der Waals surface area contributed by atoms with E-state index in [1.165, 1.54) is 18.2 Å². The van der Waals surface area contributed by atoms with Crippen molar-refractivity contribution in [2.24, 2.45) is 5.92 Å². The first kappa shape index (κ1) is 22.4. The van der Waals surface area contributed by atoms with E-state index in [4.69, 9.17) is 39.8 Å². The van der Waals surface area contributed by atoms with Crippen LogP contribution < -0.4 is 0 Å². The first-order valence-electron chi connectivity index (χ1n) is 9.74. The Bertz CT molecular complexity index is 939. The number of thiocarbonyl (C=S) groups is 1. The highest BCUT2D eigenvalue weighted by molar-refractivity contribution is 8.26. The molecule has 0 aliphatic carbocycles. The fourth-order valence-corrected chi connectivity index (χ4v) is 4.88. The molecule has 0 N–H and O–H groups in total. The summed E-state index contributed by atoms with van der Waals surface area (Å²) in [4.78, 5) is 15.2.